The number of rotatable bonds is 6. The normalized spacial score (nSPS) is 11.0. The van der Waals surface area contributed by atoms with Crippen molar-refractivity contribution in [3.05, 3.63) is 70.5 Å². The summed E-state index contributed by atoms with van der Waals surface area (Å²) in [6.45, 7) is 6.34. The van der Waals surface area contributed by atoms with Crippen LogP contribution in [0.5, 0.6) is 0 Å². The number of hydrogen-bond donors (Lipinski definition) is 1. The smallest absolute Gasteiger partial charge is 0.278 e. The summed E-state index contributed by atoms with van der Waals surface area (Å²) in [5, 5.41) is 11.9. The Hall–Kier alpha value is -2.66. The molecule has 1 amide bonds. The van der Waals surface area contributed by atoms with Crippen molar-refractivity contribution in [1.82, 2.24) is 15.0 Å². The Balaban J connectivity index is 1.86. The molecule has 0 aliphatic rings. The van der Waals surface area contributed by atoms with Gasteiger partial charge in [-0.25, -0.2) is 4.68 Å². The van der Waals surface area contributed by atoms with Crippen LogP contribution in [0.15, 0.2) is 48.5 Å². The van der Waals surface area contributed by atoms with Crippen LogP contribution in [0.2, 0.25) is 5.02 Å². The van der Waals surface area contributed by atoms with Crippen LogP contribution >= 0.6 is 11.6 Å². The predicted octanol–water partition coefficient (Wildman–Crippen LogP) is 5.25. The van der Waals surface area contributed by atoms with Gasteiger partial charge in [0.2, 0.25) is 0 Å². The largest absolute Gasteiger partial charge is 0.321 e. The molecule has 0 radical (unpaired) electrons. The molecule has 1 aromatic heterocycles. The summed E-state index contributed by atoms with van der Waals surface area (Å²) >= 11 is 5.97. The minimum Gasteiger partial charge on any atom is -0.321 e. The van der Waals surface area contributed by atoms with Gasteiger partial charge in [0.1, 0.15) is 0 Å². The molecule has 0 atom stereocenters. The maximum Gasteiger partial charge on any atom is 0.278 e. The highest BCUT2D eigenvalue weighted by Crippen LogP contribution is 2.20. The van der Waals surface area contributed by atoms with Gasteiger partial charge in [0.05, 0.1) is 11.4 Å². The van der Waals surface area contributed by atoms with E-state index >= 15 is 0 Å². The van der Waals surface area contributed by atoms with E-state index in [2.05, 4.69) is 36.4 Å². The third kappa shape index (κ3) is 4.37. The third-order valence-electron chi connectivity index (χ3n) is 4.37. The van der Waals surface area contributed by atoms with E-state index in [4.69, 9.17) is 11.6 Å². The second-order valence-corrected chi connectivity index (χ2v) is 7.19. The van der Waals surface area contributed by atoms with Crippen molar-refractivity contribution in [2.24, 2.45) is 0 Å². The number of anilines is 1. The van der Waals surface area contributed by atoms with Crippen LogP contribution in [-0.2, 0) is 6.42 Å². The standard InChI is InChI=1S/C21H23ClN4O/c1-4-5-19-20(24-25-26(19)18-12-8-16(22)9-13-18)21(27)23-17-10-6-15(7-11-17)14(2)3/h6-14H,4-5H2,1-3H3,(H,23,27). The molecule has 0 saturated heterocycles. The van der Waals surface area contributed by atoms with Gasteiger partial charge in [0.25, 0.3) is 5.91 Å². The molecule has 0 unspecified atom stereocenters. The second kappa shape index (κ2) is 8.35. The first kappa shape index (κ1) is 19.1. The van der Waals surface area contributed by atoms with Crippen molar-refractivity contribution in [3.63, 3.8) is 0 Å². The van der Waals surface area contributed by atoms with Gasteiger partial charge in [-0.1, -0.05) is 56.1 Å². The first-order chi connectivity index (χ1) is 13.0. The molecule has 140 valence electrons. The highest BCUT2D eigenvalue weighted by molar-refractivity contribution is 6.30. The highest BCUT2D eigenvalue weighted by atomic mass is 35.5. The Morgan fingerprint density at radius 3 is 2.37 bits per heavy atom. The van der Waals surface area contributed by atoms with Gasteiger partial charge in [-0.2, -0.15) is 0 Å². The fraction of sp³-hybridized carbons (Fsp3) is 0.286. The Bertz CT molecular complexity index is 914. The predicted molar refractivity (Wildman–Crippen MR) is 109 cm³/mol. The van der Waals surface area contributed by atoms with Crippen molar-refractivity contribution < 1.29 is 4.79 Å². The summed E-state index contributed by atoms with van der Waals surface area (Å²) in [7, 11) is 0. The molecule has 1 N–H and O–H groups in total. The average molecular weight is 383 g/mol. The molecule has 0 bridgehead atoms. The summed E-state index contributed by atoms with van der Waals surface area (Å²) in [5.74, 6) is 0.196. The lowest BCUT2D eigenvalue weighted by atomic mass is 10.0. The van der Waals surface area contributed by atoms with E-state index in [1.165, 1.54) is 5.56 Å². The lowest BCUT2D eigenvalue weighted by Gasteiger charge is -2.09. The molecule has 0 aliphatic heterocycles. The van der Waals surface area contributed by atoms with Crippen LogP contribution in [0, 0.1) is 0 Å². The minimum absolute atomic E-state index is 0.254. The molecule has 3 aromatic rings. The first-order valence-electron chi connectivity index (χ1n) is 9.11. The zero-order valence-corrected chi connectivity index (χ0v) is 16.5. The van der Waals surface area contributed by atoms with Crippen molar-refractivity contribution >= 4 is 23.2 Å². The maximum absolute atomic E-state index is 12.8. The lowest BCUT2D eigenvalue weighted by molar-refractivity contribution is 0.102. The van der Waals surface area contributed by atoms with Crippen molar-refractivity contribution in [2.75, 3.05) is 5.32 Å². The van der Waals surface area contributed by atoms with Gasteiger partial charge in [-0.05, 0) is 54.3 Å². The van der Waals surface area contributed by atoms with Gasteiger partial charge in [-0.15, -0.1) is 5.10 Å². The average Bonchev–Trinajstić information content (AvgIpc) is 3.07. The van der Waals surface area contributed by atoms with Crippen LogP contribution in [0.25, 0.3) is 5.69 Å². The lowest BCUT2D eigenvalue weighted by Crippen LogP contribution is -2.15. The molecule has 5 nitrogen and oxygen atoms in total. The molecule has 0 aliphatic carbocycles. The number of carbonyl (C=O) groups excluding carboxylic acids is 1. The first-order valence-corrected chi connectivity index (χ1v) is 9.49. The van der Waals surface area contributed by atoms with Crippen molar-refractivity contribution in [3.8, 4) is 5.69 Å². The van der Waals surface area contributed by atoms with Gasteiger partial charge >= 0.3 is 0 Å². The molecule has 0 saturated carbocycles. The topological polar surface area (TPSA) is 59.8 Å². The third-order valence-corrected chi connectivity index (χ3v) is 4.62. The number of nitrogens with one attached hydrogen (secondary N) is 1. The van der Waals surface area contributed by atoms with Crippen LogP contribution in [-0.4, -0.2) is 20.9 Å². The molecule has 0 fully saturated rings. The maximum atomic E-state index is 12.8. The molecule has 0 spiro atoms. The van der Waals surface area contributed by atoms with Crippen molar-refractivity contribution in [1.29, 1.82) is 0 Å². The van der Waals surface area contributed by atoms with E-state index in [-0.39, 0.29) is 5.91 Å². The van der Waals surface area contributed by atoms with E-state index in [9.17, 15) is 4.79 Å². The second-order valence-electron chi connectivity index (χ2n) is 6.75. The molecule has 1 heterocycles. The van der Waals surface area contributed by atoms with E-state index in [1.807, 2.05) is 36.4 Å². The molecule has 6 heteroatoms. The summed E-state index contributed by atoms with van der Waals surface area (Å²) in [6.07, 6.45) is 1.58. The molecular formula is C21H23ClN4O. The Morgan fingerprint density at radius 2 is 1.78 bits per heavy atom. The van der Waals surface area contributed by atoms with Gasteiger partial charge in [0.15, 0.2) is 5.69 Å². The number of nitrogens with zero attached hydrogens (tertiary/aromatic N) is 3. The zero-order chi connectivity index (χ0) is 19.4. The highest BCUT2D eigenvalue weighted by Gasteiger charge is 2.20. The summed E-state index contributed by atoms with van der Waals surface area (Å²) < 4.78 is 1.70. The van der Waals surface area contributed by atoms with E-state index in [0.29, 0.717) is 23.1 Å². The van der Waals surface area contributed by atoms with Crippen LogP contribution in [0.1, 0.15) is 54.9 Å². The number of hydrogen-bond acceptors (Lipinski definition) is 3. The zero-order valence-electron chi connectivity index (χ0n) is 15.7. The number of aromatic nitrogens is 3. The quantitative estimate of drug-likeness (QED) is 0.633. The number of halogens is 1. The molecule has 3 rings (SSSR count). The van der Waals surface area contributed by atoms with Crippen LogP contribution < -0.4 is 5.32 Å². The van der Waals surface area contributed by atoms with E-state index in [1.54, 1.807) is 16.8 Å². The SMILES string of the molecule is CCCc1c(C(=O)Nc2ccc(C(C)C)cc2)nnn1-c1ccc(Cl)cc1. The Labute approximate surface area is 164 Å². The fourth-order valence-corrected chi connectivity index (χ4v) is 3.00. The molecule has 27 heavy (non-hydrogen) atoms. The molecular weight excluding hydrogens is 360 g/mol. The summed E-state index contributed by atoms with van der Waals surface area (Å²) in [6, 6.07) is 15.2. The van der Waals surface area contributed by atoms with Gasteiger partial charge < -0.3 is 5.32 Å². The van der Waals surface area contributed by atoms with Gasteiger partial charge in [-0.3, -0.25) is 4.79 Å². The fourth-order valence-electron chi connectivity index (χ4n) is 2.87. The number of benzene rings is 2. The van der Waals surface area contributed by atoms with Crippen LogP contribution in [0.3, 0.4) is 0 Å². The number of carbonyl (C=O) groups is 1. The van der Waals surface area contributed by atoms with E-state index in [0.717, 1.165) is 23.5 Å². The van der Waals surface area contributed by atoms with Crippen molar-refractivity contribution in [2.45, 2.75) is 39.5 Å². The van der Waals surface area contributed by atoms with Crippen LogP contribution in [0.4, 0.5) is 5.69 Å². The summed E-state index contributed by atoms with van der Waals surface area (Å²) in [4.78, 5) is 12.8. The Morgan fingerprint density at radius 1 is 1.11 bits per heavy atom. The minimum atomic E-state index is -0.254. The summed E-state index contributed by atoms with van der Waals surface area (Å²) in [5.41, 5.74) is 3.94. The molecule has 2 aromatic carbocycles. The van der Waals surface area contributed by atoms with E-state index < -0.39 is 0 Å². The number of amides is 1. The Kier molecular flexibility index (Phi) is 5.91. The van der Waals surface area contributed by atoms with Gasteiger partial charge in [0, 0.05) is 10.7 Å². The monoisotopic (exact) mass is 382 g/mol.